The molecule has 0 spiro atoms. The van der Waals surface area contributed by atoms with Crippen LogP contribution in [0.2, 0.25) is 0 Å². The van der Waals surface area contributed by atoms with Gasteiger partial charge in [-0.3, -0.25) is 4.79 Å². The molecular weight excluding hydrogens is 293 g/mol. The fourth-order valence-electron chi connectivity index (χ4n) is 1.46. The van der Waals surface area contributed by atoms with Gasteiger partial charge in [-0.1, -0.05) is 6.92 Å². The molecule has 0 radical (unpaired) electrons. The minimum absolute atomic E-state index is 0. The summed E-state index contributed by atoms with van der Waals surface area (Å²) >= 11 is 1.63. The molecule has 104 valence electrons. The van der Waals surface area contributed by atoms with Crippen LogP contribution in [0.3, 0.4) is 0 Å². The van der Waals surface area contributed by atoms with Crippen LogP contribution in [0.4, 0.5) is 0 Å². The standard InChI is InChI=1S/C11H17N3OS.2ClH/c1-3-9-14-8(6-16-9)7(2)13-10(15)11(12)4-5-11;;/h6-7H,3-5,12H2,1-2H3,(H,13,15);2*1H. The van der Waals surface area contributed by atoms with Crippen LogP contribution < -0.4 is 11.1 Å². The monoisotopic (exact) mass is 311 g/mol. The molecule has 2 rings (SSSR count). The number of halogens is 2. The number of carbonyl (C=O) groups is 1. The van der Waals surface area contributed by atoms with Crippen molar-refractivity contribution in [3.8, 4) is 0 Å². The molecule has 1 heterocycles. The maximum absolute atomic E-state index is 11.7. The van der Waals surface area contributed by atoms with Crippen molar-refractivity contribution >= 4 is 42.1 Å². The highest BCUT2D eigenvalue weighted by Gasteiger charge is 2.46. The molecule has 0 saturated heterocycles. The van der Waals surface area contributed by atoms with E-state index in [-0.39, 0.29) is 36.8 Å². The van der Waals surface area contributed by atoms with E-state index in [0.717, 1.165) is 30.0 Å². The first-order valence-corrected chi connectivity index (χ1v) is 6.47. The van der Waals surface area contributed by atoms with Crippen molar-refractivity contribution in [2.45, 2.75) is 44.7 Å². The maximum Gasteiger partial charge on any atom is 0.240 e. The van der Waals surface area contributed by atoms with E-state index in [1.165, 1.54) is 0 Å². The first-order valence-electron chi connectivity index (χ1n) is 5.59. The van der Waals surface area contributed by atoms with Crippen LogP contribution in [0.5, 0.6) is 0 Å². The van der Waals surface area contributed by atoms with Gasteiger partial charge in [0.15, 0.2) is 0 Å². The largest absolute Gasteiger partial charge is 0.346 e. The Morgan fingerprint density at radius 1 is 1.61 bits per heavy atom. The predicted molar refractivity (Wildman–Crippen MR) is 78.7 cm³/mol. The van der Waals surface area contributed by atoms with Gasteiger partial charge >= 0.3 is 0 Å². The van der Waals surface area contributed by atoms with Crippen LogP contribution in [0, 0.1) is 0 Å². The molecule has 1 unspecified atom stereocenters. The number of nitrogens with two attached hydrogens (primary N) is 1. The summed E-state index contributed by atoms with van der Waals surface area (Å²) in [5.41, 5.74) is 6.15. The third-order valence-electron chi connectivity index (χ3n) is 2.90. The Morgan fingerprint density at radius 3 is 2.67 bits per heavy atom. The summed E-state index contributed by atoms with van der Waals surface area (Å²) in [6.45, 7) is 4.02. The van der Waals surface area contributed by atoms with Crippen molar-refractivity contribution in [3.63, 3.8) is 0 Å². The van der Waals surface area contributed by atoms with Crippen molar-refractivity contribution < 1.29 is 4.79 Å². The average molecular weight is 312 g/mol. The molecule has 1 amide bonds. The number of rotatable bonds is 4. The number of hydrogen-bond acceptors (Lipinski definition) is 4. The molecule has 1 aliphatic carbocycles. The predicted octanol–water partition coefficient (Wildman–Crippen LogP) is 2.22. The minimum Gasteiger partial charge on any atom is -0.346 e. The quantitative estimate of drug-likeness (QED) is 0.896. The fraction of sp³-hybridized carbons (Fsp3) is 0.636. The Hall–Kier alpha value is -0.360. The summed E-state index contributed by atoms with van der Waals surface area (Å²) in [6.07, 6.45) is 2.53. The number of amides is 1. The Labute approximate surface area is 124 Å². The summed E-state index contributed by atoms with van der Waals surface area (Å²) in [5, 5.41) is 6.02. The van der Waals surface area contributed by atoms with E-state index >= 15 is 0 Å². The van der Waals surface area contributed by atoms with E-state index in [1.807, 2.05) is 12.3 Å². The third-order valence-corrected chi connectivity index (χ3v) is 3.92. The zero-order chi connectivity index (χ0) is 11.8. The van der Waals surface area contributed by atoms with Crippen LogP contribution in [0.1, 0.15) is 43.4 Å². The lowest BCUT2D eigenvalue weighted by Gasteiger charge is -2.15. The van der Waals surface area contributed by atoms with Gasteiger partial charge in [0, 0.05) is 5.38 Å². The van der Waals surface area contributed by atoms with Crippen LogP contribution in [-0.4, -0.2) is 16.4 Å². The van der Waals surface area contributed by atoms with E-state index in [1.54, 1.807) is 11.3 Å². The number of nitrogens with zero attached hydrogens (tertiary/aromatic N) is 1. The molecule has 1 atom stereocenters. The Kier molecular flexibility index (Phi) is 6.57. The molecule has 0 aromatic carbocycles. The van der Waals surface area contributed by atoms with Gasteiger partial charge in [-0.2, -0.15) is 0 Å². The van der Waals surface area contributed by atoms with Crippen LogP contribution in [-0.2, 0) is 11.2 Å². The topological polar surface area (TPSA) is 68.0 Å². The number of aryl methyl sites for hydroxylation is 1. The molecule has 1 fully saturated rings. The van der Waals surface area contributed by atoms with E-state index < -0.39 is 5.54 Å². The molecule has 0 aliphatic heterocycles. The number of thiazole rings is 1. The molecule has 1 saturated carbocycles. The smallest absolute Gasteiger partial charge is 0.240 e. The maximum atomic E-state index is 11.7. The third kappa shape index (κ3) is 3.82. The lowest BCUT2D eigenvalue weighted by Crippen LogP contribution is -2.43. The van der Waals surface area contributed by atoms with E-state index in [0.29, 0.717) is 0 Å². The Bertz CT molecular complexity index is 407. The summed E-state index contributed by atoms with van der Waals surface area (Å²) in [6, 6.07) is -0.0509. The molecule has 7 heteroatoms. The number of hydrogen-bond donors (Lipinski definition) is 2. The SMILES string of the molecule is CCc1nc(C(C)NC(=O)C2(N)CC2)cs1.Cl.Cl. The minimum atomic E-state index is -0.599. The summed E-state index contributed by atoms with van der Waals surface area (Å²) in [5.74, 6) is -0.0500. The molecule has 1 aliphatic rings. The molecule has 1 aromatic heterocycles. The van der Waals surface area contributed by atoms with Crippen LogP contribution in [0.15, 0.2) is 5.38 Å². The molecule has 3 N–H and O–H groups in total. The van der Waals surface area contributed by atoms with Crippen molar-refractivity contribution in [2.75, 3.05) is 0 Å². The van der Waals surface area contributed by atoms with Gasteiger partial charge in [0.25, 0.3) is 0 Å². The molecule has 1 aromatic rings. The zero-order valence-corrected chi connectivity index (χ0v) is 12.9. The highest BCUT2D eigenvalue weighted by molar-refractivity contribution is 7.09. The van der Waals surface area contributed by atoms with E-state index in [4.69, 9.17) is 5.73 Å². The van der Waals surface area contributed by atoms with Gasteiger partial charge in [-0.05, 0) is 26.2 Å². The van der Waals surface area contributed by atoms with Crippen molar-refractivity contribution in [1.29, 1.82) is 0 Å². The van der Waals surface area contributed by atoms with Crippen molar-refractivity contribution in [1.82, 2.24) is 10.3 Å². The van der Waals surface area contributed by atoms with Crippen LogP contribution >= 0.6 is 36.2 Å². The van der Waals surface area contributed by atoms with E-state index in [9.17, 15) is 4.79 Å². The number of aromatic nitrogens is 1. The first-order chi connectivity index (χ1) is 7.55. The van der Waals surface area contributed by atoms with Gasteiger partial charge in [-0.15, -0.1) is 36.2 Å². The summed E-state index contributed by atoms with van der Waals surface area (Å²) in [4.78, 5) is 16.2. The van der Waals surface area contributed by atoms with Crippen molar-refractivity contribution in [2.24, 2.45) is 5.73 Å². The van der Waals surface area contributed by atoms with Gasteiger partial charge in [0.05, 0.1) is 22.3 Å². The van der Waals surface area contributed by atoms with Gasteiger partial charge in [0.1, 0.15) is 0 Å². The highest BCUT2D eigenvalue weighted by atomic mass is 35.5. The van der Waals surface area contributed by atoms with Gasteiger partial charge in [-0.25, -0.2) is 4.98 Å². The lowest BCUT2D eigenvalue weighted by atomic mass is 10.2. The normalized spacial score (nSPS) is 17.1. The number of nitrogens with one attached hydrogen (secondary N) is 1. The fourth-order valence-corrected chi connectivity index (χ4v) is 2.30. The summed E-state index contributed by atoms with van der Waals surface area (Å²) in [7, 11) is 0. The molecular formula is C11H19Cl2N3OS. The average Bonchev–Trinajstić information content (AvgIpc) is 2.84. The van der Waals surface area contributed by atoms with Gasteiger partial charge in [0.2, 0.25) is 5.91 Å². The van der Waals surface area contributed by atoms with Crippen molar-refractivity contribution in [3.05, 3.63) is 16.1 Å². The second-order valence-corrected chi connectivity index (χ2v) is 5.31. The first kappa shape index (κ1) is 17.6. The van der Waals surface area contributed by atoms with E-state index in [2.05, 4.69) is 17.2 Å². The lowest BCUT2D eigenvalue weighted by molar-refractivity contribution is -0.123. The second kappa shape index (κ2) is 6.70. The molecule has 4 nitrogen and oxygen atoms in total. The second-order valence-electron chi connectivity index (χ2n) is 4.37. The number of carbonyl (C=O) groups excluding carboxylic acids is 1. The zero-order valence-electron chi connectivity index (χ0n) is 10.4. The highest BCUT2D eigenvalue weighted by Crippen LogP contribution is 2.33. The molecule has 0 bridgehead atoms. The Morgan fingerprint density at radius 2 is 2.22 bits per heavy atom. The molecule has 18 heavy (non-hydrogen) atoms. The van der Waals surface area contributed by atoms with Gasteiger partial charge < -0.3 is 11.1 Å². The summed E-state index contributed by atoms with van der Waals surface area (Å²) < 4.78 is 0. The van der Waals surface area contributed by atoms with Crippen LogP contribution in [0.25, 0.3) is 0 Å². The Balaban J connectivity index is 0.00000144.